The first kappa shape index (κ1) is 17.9. The fraction of sp³-hybridized carbons (Fsp3) is 0.350. The monoisotopic (exact) mass is 351 g/mol. The van der Waals surface area contributed by atoms with Crippen molar-refractivity contribution in [3.05, 3.63) is 59.2 Å². The number of urea groups is 1. The molecule has 1 atom stereocenters. The Labute approximate surface area is 153 Å². The van der Waals surface area contributed by atoms with Gasteiger partial charge in [-0.1, -0.05) is 18.2 Å². The topological polar surface area (TPSA) is 63.1 Å². The smallest absolute Gasteiger partial charge is 0.317 e. The van der Waals surface area contributed by atoms with E-state index in [1.165, 1.54) is 0 Å². The lowest BCUT2D eigenvalue weighted by molar-refractivity contribution is 0.203. The number of amides is 2. The van der Waals surface area contributed by atoms with Gasteiger partial charge in [0, 0.05) is 49.7 Å². The maximum absolute atomic E-state index is 12.7. The van der Waals surface area contributed by atoms with Gasteiger partial charge in [0.05, 0.1) is 11.7 Å². The summed E-state index contributed by atoms with van der Waals surface area (Å²) in [4.78, 5) is 18.5. The van der Waals surface area contributed by atoms with Crippen LogP contribution in [0.1, 0.15) is 35.5 Å². The number of hydrogen-bond acceptors (Lipinski definition) is 3. The molecule has 6 heteroatoms. The number of carbonyl (C=O) groups excluding carboxylic acids is 1. The lowest BCUT2D eigenvalue weighted by Gasteiger charge is -2.22. The molecule has 0 aliphatic heterocycles. The number of nitrogens with zero attached hydrogens (tertiary/aromatic N) is 4. The van der Waals surface area contributed by atoms with Crippen molar-refractivity contribution in [1.29, 1.82) is 0 Å². The zero-order valence-corrected chi connectivity index (χ0v) is 15.9. The summed E-state index contributed by atoms with van der Waals surface area (Å²) in [5.74, 6) is 0. The first-order valence-electron chi connectivity index (χ1n) is 8.71. The first-order chi connectivity index (χ1) is 12.4. The number of carbonyl (C=O) groups is 1. The van der Waals surface area contributed by atoms with Gasteiger partial charge in [0.15, 0.2) is 0 Å². The van der Waals surface area contributed by atoms with Crippen molar-refractivity contribution in [3.63, 3.8) is 0 Å². The number of aromatic nitrogens is 3. The Morgan fingerprint density at radius 2 is 2.08 bits per heavy atom. The maximum Gasteiger partial charge on any atom is 0.317 e. The standard InChI is InChI=1S/C20H25N5O/c1-13(19-14(2)23-25(5)15(19)3)22-20(26)24(4)12-17-8-6-7-16-11-21-10-9-18(16)17/h6-11,13H,12H2,1-5H3,(H,22,26)/t13-/m1/s1. The molecule has 2 amide bonds. The van der Waals surface area contributed by atoms with Gasteiger partial charge in [-0.2, -0.15) is 5.10 Å². The van der Waals surface area contributed by atoms with Gasteiger partial charge in [-0.25, -0.2) is 4.79 Å². The third-order valence-electron chi connectivity index (χ3n) is 4.86. The van der Waals surface area contributed by atoms with Crippen LogP contribution in [0, 0.1) is 13.8 Å². The molecular formula is C20H25N5O. The van der Waals surface area contributed by atoms with Crippen LogP contribution in [0.25, 0.3) is 10.8 Å². The molecule has 3 aromatic rings. The summed E-state index contributed by atoms with van der Waals surface area (Å²) in [6, 6.07) is 7.85. The third-order valence-corrected chi connectivity index (χ3v) is 4.86. The van der Waals surface area contributed by atoms with Crippen LogP contribution >= 0.6 is 0 Å². The van der Waals surface area contributed by atoms with Crippen LogP contribution in [0.3, 0.4) is 0 Å². The van der Waals surface area contributed by atoms with Crippen LogP contribution in [-0.4, -0.2) is 32.7 Å². The Hall–Kier alpha value is -2.89. The van der Waals surface area contributed by atoms with Crippen molar-refractivity contribution >= 4 is 16.8 Å². The van der Waals surface area contributed by atoms with Gasteiger partial charge in [0.2, 0.25) is 0 Å². The van der Waals surface area contributed by atoms with E-state index in [1.807, 2.05) is 70.0 Å². The Bertz CT molecular complexity index is 941. The highest BCUT2D eigenvalue weighted by Gasteiger charge is 2.20. The van der Waals surface area contributed by atoms with E-state index < -0.39 is 0 Å². The van der Waals surface area contributed by atoms with E-state index in [9.17, 15) is 4.79 Å². The summed E-state index contributed by atoms with van der Waals surface area (Å²) in [5.41, 5.74) is 4.19. The number of benzene rings is 1. The molecule has 1 N–H and O–H groups in total. The van der Waals surface area contributed by atoms with E-state index in [0.29, 0.717) is 6.54 Å². The van der Waals surface area contributed by atoms with Crippen LogP contribution in [0.4, 0.5) is 4.79 Å². The highest BCUT2D eigenvalue weighted by molar-refractivity contribution is 5.85. The molecule has 0 spiro atoms. The molecular weight excluding hydrogens is 326 g/mol. The van der Waals surface area contributed by atoms with Crippen LogP contribution in [0.15, 0.2) is 36.7 Å². The van der Waals surface area contributed by atoms with Crippen LogP contribution in [0.2, 0.25) is 0 Å². The molecule has 0 saturated heterocycles. The van der Waals surface area contributed by atoms with E-state index in [2.05, 4.69) is 15.4 Å². The second-order valence-corrected chi connectivity index (χ2v) is 6.75. The molecule has 6 nitrogen and oxygen atoms in total. The van der Waals surface area contributed by atoms with E-state index in [0.717, 1.165) is 33.3 Å². The molecule has 26 heavy (non-hydrogen) atoms. The first-order valence-corrected chi connectivity index (χ1v) is 8.71. The fourth-order valence-electron chi connectivity index (χ4n) is 3.44. The fourth-order valence-corrected chi connectivity index (χ4v) is 3.44. The zero-order valence-electron chi connectivity index (χ0n) is 15.9. The van der Waals surface area contributed by atoms with Gasteiger partial charge in [-0.15, -0.1) is 0 Å². The number of hydrogen-bond donors (Lipinski definition) is 1. The second kappa shape index (κ2) is 7.15. The third kappa shape index (κ3) is 3.40. The largest absolute Gasteiger partial charge is 0.331 e. The molecule has 2 heterocycles. The molecule has 0 radical (unpaired) electrons. The molecule has 0 saturated carbocycles. The number of aryl methyl sites for hydroxylation is 2. The van der Waals surface area contributed by atoms with E-state index in [1.54, 1.807) is 11.1 Å². The Balaban J connectivity index is 1.73. The van der Waals surface area contributed by atoms with E-state index >= 15 is 0 Å². The average Bonchev–Trinajstić information content (AvgIpc) is 2.87. The summed E-state index contributed by atoms with van der Waals surface area (Å²) in [6.45, 7) is 6.52. The number of fused-ring (bicyclic) bond motifs is 1. The molecule has 0 fully saturated rings. The molecule has 0 aliphatic carbocycles. The minimum Gasteiger partial charge on any atom is -0.331 e. The normalized spacial score (nSPS) is 12.2. The molecule has 3 rings (SSSR count). The summed E-state index contributed by atoms with van der Waals surface area (Å²) in [6.07, 6.45) is 3.62. The summed E-state index contributed by atoms with van der Waals surface area (Å²) in [7, 11) is 3.73. The van der Waals surface area contributed by atoms with Crippen molar-refractivity contribution in [2.75, 3.05) is 7.05 Å². The van der Waals surface area contributed by atoms with Gasteiger partial charge in [-0.05, 0) is 37.8 Å². The molecule has 136 valence electrons. The van der Waals surface area contributed by atoms with Crippen LogP contribution < -0.4 is 5.32 Å². The lowest BCUT2D eigenvalue weighted by atomic mass is 10.1. The number of pyridine rings is 1. The minimum atomic E-state index is -0.105. The molecule has 0 bridgehead atoms. The van der Waals surface area contributed by atoms with Crippen molar-refractivity contribution in [1.82, 2.24) is 25.0 Å². The van der Waals surface area contributed by atoms with Gasteiger partial charge in [0.25, 0.3) is 0 Å². The highest BCUT2D eigenvalue weighted by atomic mass is 16.2. The Morgan fingerprint density at radius 3 is 2.77 bits per heavy atom. The molecule has 0 aliphatic rings. The van der Waals surface area contributed by atoms with E-state index in [4.69, 9.17) is 0 Å². The van der Waals surface area contributed by atoms with Crippen molar-refractivity contribution in [2.45, 2.75) is 33.4 Å². The SMILES string of the molecule is Cc1nn(C)c(C)c1[C@@H](C)NC(=O)N(C)Cc1cccc2cnccc12. The predicted octanol–water partition coefficient (Wildman–Crippen LogP) is 3.49. The average molecular weight is 351 g/mol. The second-order valence-electron chi connectivity index (χ2n) is 6.75. The van der Waals surface area contributed by atoms with Gasteiger partial charge >= 0.3 is 6.03 Å². The van der Waals surface area contributed by atoms with Crippen LogP contribution in [-0.2, 0) is 13.6 Å². The number of nitrogens with one attached hydrogen (secondary N) is 1. The van der Waals surface area contributed by atoms with Crippen molar-refractivity contribution < 1.29 is 4.79 Å². The Kier molecular flexibility index (Phi) is 4.93. The minimum absolute atomic E-state index is 0.102. The maximum atomic E-state index is 12.7. The van der Waals surface area contributed by atoms with Crippen molar-refractivity contribution in [2.24, 2.45) is 7.05 Å². The van der Waals surface area contributed by atoms with Gasteiger partial charge in [-0.3, -0.25) is 9.67 Å². The summed E-state index contributed by atoms with van der Waals surface area (Å²) < 4.78 is 1.85. The predicted molar refractivity (Wildman–Crippen MR) is 103 cm³/mol. The quantitative estimate of drug-likeness (QED) is 0.783. The van der Waals surface area contributed by atoms with Gasteiger partial charge in [0.1, 0.15) is 0 Å². The zero-order chi connectivity index (χ0) is 18.8. The van der Waals surface area contributed by atoms with Crippen molar-refractivity contribution in [3.8, 4) is 0 Å². The molecule has 2 aromatic heterocycles. The number of rotatable bonds is 4. The summed E-state index contributed by atoms with van der Waals surface area (Å²) in [5, 5.41) is 9.71. The molecule has 0 unspecified atom stereocenters. The summed E-state index contributed by atoms with van der Waals surface area (Å²) >= 11 is 0. The Morgan fingerprint density at radius 1 is 1.31 bits per heavy atom. The van der Waals surface area contributed by atoms with Crippen LogP contribution in [0.5, 0.6) is 0 Å². The molecule has 1 aromatic carbocycles. The van der Waals surface area contributed by atoms with Gasteiger partial charge < -0.3 is 10.2 Å². The van der Waals surface area contributed by atoms with E-state index in [-0.39, 0.29) is 12.1 Å². The highest BCUT2D eigenvalue weighted by Crippen LogP contribution is 2.22. The lowest BCUT2D eigenvalue weighted by Crippen LogP contribution is -2.38.